The zero-order chi connectivity index (χ0) is 18.1. The molecule has 2 aromatic carbocycles. The van der Waals surface area contributed by atoms with Crippen molar-refractivity contribution in [2.24, 2.45) is 0 Å². The summed E-state index contributed by atoms with van der Waals surface area (Å²) in [5.41, 5.74) is 2.99. The summed E-state index contributed by atoms with van der Waals surface area (Å²) >= 11 is 0. The Morgan fingerprint density at radius 3 is 2.52 bits per heavy atom. The summed E-state index contributed by atoms with van der Waals surface area (Å²) < 4.78 is 6.09. The number of aliphatic hydroxyl groups excluding tert-OH is 1. The number of hydrogen-bond acceptors (Lipinski definition) is 5. The topological polar surface area (TPSA) is 90.2 Å². The van der Waals surface area contributed by atoms with Gasteiger partial charge in [-0.3, -0.25) is 0 Å². The van der Waals surface area contributed by atoms with Crippen LogP contribution < -0.4 is 4.74 Å². The van der Waals surface area contributed by atoms with Crippen LogP contribution >= 0.6 is 0 Å². The summed E-state index contributed by atoms with van der Waals surface area (Å²) in [7, 11) is 0. The van der Waals surface area contributed by atoms with E-state index in [1.165, 1.54) is 6.07 Å². The predicted octanol–water partition coefficient (Wildman–Crippen LogP) is 2.87. The smallest absolute Gasteiger partial charge is 0.160 e. The molecule has 25 heavy (non-hydrogen) atoms. The number of rotatable bonds is 0. The van der Waals surface area contributed by atoms with Crippen LogP contribution in [0.2, 0.25) is 0 Å². The van der Waals surface area contributed by atoms with Crippen molar-refractivity contribution in [1.29, 1.82) is 0 Å². The number of aryl methyl sites for hydroxylation is 1. The summed E-state index contributed by atoms with van der Waals surface area (Å²) in [4.78, 5) is 0. The van der Waals surface area contributed by atoms with Crippen LogP contribution in [0, 0.1) is 6.92 Å². The number of fused-ring (bicyclic) bond motifs is 2. The molecule has 4 rings (SSSR count). The van der Waals surface area contributed by atoms with Gasteiger partial charge >= 0.3 is 0 Å². The van der Waals surface area contributed by atoms with Crippen LogP contribution in [0.4, 0.5) is 0 Å². The standard InChI is InChI=1S/C20H22O5/c1-9-14(22)8-10-4-5-12-11(6-7-13(21)17(12)23)16-15(10)18(9)25-20(2,3)19(16)24/h6-8,16,19,21-24H,4-5H2,1-3H3. The summed E-state index contributed by atoms with van der Waals surface area (Å²) in [5.74, 6) is 0.0829. The predicted molar refractivity (Wildman–Crippen MR) is 92.6 cm³/mol. The average molecular weight is 342 g/mol. The van der Waals surface area contributed by atoms with Crippen LogP contribution in [0.1, 0.15) is 47.6 Å². The largest absolute Gasteiger partial charge is 0.508 e. The molecule has 0 radical (unpaired) electrons. The van der Waals surface area contributed by atoms with Crippen LogP contribution in [0.25, 0.3) is 0 Å². The highest BCUT2D eigenvalue weighted by Gasteiger charge is 2.47. The Labute approximate surface area is 146 Å². The molecule has 0 spiro atoms. The van der Waals surface area contributed by atoms with Crippen molar-refractivity contribution in [2.75, 3.05) is 0 Å². The first-order chi connectivity index (χ1) is 11.7. The molecule has 1 aliphatic heterocycles. The fourth-order valence-electron chi connectivity index (χ4n) is 4.16. The van der Waals surface area contributed by atoms with Gasteiger partial charge in [-0.05, 0) is 56.9 Å². The molecular weight excluding hydrogens is 320 g/mol. The number of benzene rings is 2. The van der Waals surface area contributed by atoms with Gasteiger partial charge in [-0.2, -0.15) is 0 Å². The number of aromatic hydroxyl groups is 3. The van der Waals surface area contributed by atoms with Crippen molar-refractivity contribution >= 4 is 0 Å². The number of ether oxygens (including phenoxy) is 1. The Hall–Kier alpha value is -2.40. The summed E-state index contributed by atoms with van der Waals surface area (Å²) in [6, 6.07) is 4.94. The normalized spacial score (nSPS) is 23.2. The van der Waals surface area contributed by atoms with Gasteiger partial charge in [-0.15, -0.1) is 0 Å². The van der Waals surface area contributed by atoms with Crippen molar-refractivity contribution < 1.29 is 25.2 Å². The van der Waals surface area contributed by atoms with E-state index in [4.69, 9.17) is 4.74 Å². The third kappa shape index (κ3) is 2.12. The van der Waals surface area contributed by atoms with Crippen LogP contribution in [0.15, 0.2) is 18.2 Å². The van der Waals surface area contributed by atoms with Crippen LogP contribution in [0.3, 0.4) is 0 Å². The SMILES string of the molecule is Cc1c(O)cc2c3c1OC(C)(C)C(O)C3c1ccc(O)c(O)c1CC2. The first-order valence-corrected chi connectivity index (χ1v) is 8.48. The lowest BCUT2D eigenvalue weighted by atomic mass is 9.75. The molecule has 4 N–H and O–H groups in total. The van der Waals surface area contributed by atoms with Crippen LogP contribution in [-0.4, -0.2) is 32.1 Å². The zero-order valence-electron chi connectivity index (χ0n) is 14.5. The van der Waals surface area contributed by atoms with Crippen LogP contribution in [-0.2, 0) is 12.8 Å². The van der Waals surface area contributed by atoms with Crippen LogP contribution in [0.5, 0.6) is 23.0 Å². The molecule has 0 saturated heterocycles. The molecule has 0 aromatic heterocycles. The first kappa shape index (κ1) is 16.1. The van der Waals surface area contributed by atoms with E-state index in [-0.39, 0.29) is 17.2 Å². The van der Waals surface area contributed by atoms with Crippen molar-refractivity contribution in [1.82, 2.24) is 0 Å². The third-order valence-electron chi connectivity index (χ3n) is 5.61. The Balaban J connectivity index is 2.08. The fourth-order valence-corrected chi connectivity index (χ4v) is 4.16. The monoisotopic (exact) mass is 342 g/mol. The quantitative estimate of drug-likeness (QED) is 0.553. The van der Waals surface area contributed by atoms with E-state index in [1.54, 1.807) is 19.1 Å². The molecule has 0 amide bonds. The second-order valence-corrected chi connectivity index (χ2v) is 7.55. The lowest BCUT2D eigenvalue weighted by Gasteiger charge is -2.43. The zero-order valence-corrected chi connectivity index (χ0v) is 14.5. The van der Waals surface area contributed by atoms with Gasteiger partial charge in [-0.25, -0.2) is 0 Å². The third-order valence-corrected chi connectivity index (χ3v) is 5.61. The second-order valence-electron chi connectivity index (χ2n) is 7.55. The van der Waals surface area contributed by atoms with E-state index < -0.39 is 17.6 Å². The van der Waals surface area contributed by atoms with E-state index in [0.717, 1.165) is 16.7 Å². The van der Waals surface area contributed by atoms with Gasteiger partial charge < -0.3 is 25.2 Å². The number of hydrogen-bond donors (Lipinski definition) is 4. The minimum absolute atomic E-state index is 0.135. The van der Waals surface area contributed by atoms with Crippen molar-refractivity contribution in [3.05, 3.63) is 46.0 Å². The Morgan fingerprint density at radius 2 is 1.80 bits per heavy atom. The van der Waals surface area contributed by atoms with Gasteiger partial charge in [0.1, 0.15) is 23.2 Å². The molecule has 0 bridgehead atoms. The highest BCUT2D eigenvalue weighted by Crippen LogP contribution is 2.53. The molecule has 2 atom stereocenters. The minimum Gasteiger partial charge on any atom is -0.508 e. The lowest BCUT2D eigenvalue weighted by Crippen LogP contribution is -2.49. The second kappa shape index (κ2) is 5.05. The number of phenolic OH excluding ortho intramolecular Hbond substituents is 3. The van der Waals surface area contributed by atoms with E-state index in [2.05, 4.69) is 0 Å². The Morgan fingerprint density at radius 1 is 1.08 bits per heavy atom. The maximum Gasteiger partial charge on any atom is 0.160 e. The average Bonchev–Trinajstić information content (AvgIpc) is 2.71. The number of phenols is 3. The van der Waals surface area contributed by atoms with Crippen molar-refractivity contribution in [2.45, 2.75) is 51.2 Å². The van der Waals surface area contributed by atoms with E-state index in [0.29, 0.717) is 29.7 Å². The number of aliphatic hydroxyl groups is 1. The van der Waals surface area contributed by atoms with Gasteiger partial charge in [0.05, 0.1) is 0 Å². The highest BCUT2D eigenvalue weighted by molar-refractivity contribution is 5.63. The Bertz CT molecular complexity index is 884. The molecule has 5 heteroatoms. The van der Waals surface area contributed by atoms with Crippen molar-refractivity contribution in [3.63, 3.8) is 0 Å². The van der Waals surface area contributed by atoms with E-state index in [1.807, 2.05) is 13.8 Å². The highest BCUT2D eigenvalue weighted by atomic mass is 16.5. The molecule has 1 heterocycles. The first-order valence-electron chi connectivity index (χ1n) is 8.48. The Kier molecular flexibility index (Phi) is 3.25. The molecule has 2 aliphatic rings. The minimum atomic E-state index is -0.859. The van der Waals surface area contributed by atoms with E-state index in [9.17, 15) is 20.4 Å². The van der Waals surface area contributed by atoms with Gasteiger partial charge in [-0.1, -0.05) is 6.07 Å². The molecule has 1 aliphatic carbocycles. The molecule has 0 fully saturated rings. The van der Waals surface area contributed by atoms with Gasteiger partial charge in [0.15, 0.2) is 11.5 Å². The lowest BCUT2D eigenvalue weighted by molar-refractivity contribution is -0.0519. The van der Waals surface area contributed by atoms with Gasteiger partial charge in [0, 0.05) is 22.6 Å². The maximum absolute atomic E-state index is 11.1. The fraction of sp³-hybridized carbons (Fsp3) is 0.400. The van der Waals surface area contributed by atoms with Gasteiger partial charge in [0.2, 0.25) is 0 Å². The molecule has 132 valence electrons. The van der Waals surface area contributed by atoms with Gasteiger partial charge in [0.25, 0.3) is 0 Å². The summed E-state index contributed by atoms with van der Waals surface area (Å²) in [5, 5.41) is 41.6. The summed E-state index contributed by atoms with van der Waals surface area (Å²) in [6.07, 6.45) is 0.255. The molecule has 2 aromatic rings. The molecule has 2 unspecified atom stereocenters. The summed E-state index contributed by atoms with van der Waals surface area (Å²) in [6.45, 7) is 5.43. The van der Waals surface area contributed by atoms with E-state index >= 15 is 0 Å². The van der Waals surface area contributed by atoms with Crippen molar-refractivity contribution in [3.8, 4) is 23.0 Å². The molecular formula is C20H22O5. The maximum atomic E-state index is 11.1. The molecule has 5 nitrogen and oxygen atoms in total. The molecule has 0 saturated carbocycles.